The van der Waals surface area contributed by atoms with Crippen LogP contribution in [0.2, 0.25) is 0 Å². The van der Waals surface area contributed by atoms with Gasteiger partial charge in [-0.05, 0) is 43.4 Å². The Morgan fingerprint density at radius 1 is 1.54 bits per heavy atom. The Balaban J connectivity index is 2.88. The van der Waals surface area contributed by atoms with Gasteiger partial charge in [0, 0.05) is 5.22 Å². The second-order valence-electron chi connectivity index (χ2n) is 2.35. The van der Waals surface area contributed by atoms with Crippen LogP contribution in [0.1, 0.15) is 0 Å². The van der Waals surface area contributed by atoms with E-state index in [1.165, 1.54) is 6.20 Å². The lowest BCUT2D eigenvalue weighted by Crippen LogP contribution is -2.37. The molecule has 2 rings (SSSR count). The van der Waals surface area contributed by atoms with Crippen LogP contribution < -0.4 is 9.75 Å². The molecule has 0 bridgehead atoms. The Hall–Kier alpha value is -0.0100. The van der Waals surface area contributed by atoms with Gasteiger partial charge >= 0.3 is 0 Å². The number of aromatic nitrogens is 1. The summed E-state index contributed by atoms with van der Waals surface area (Å²) in [6.07, 6.45) is -0.300. The molecule has 0 spiro atoms. The van der Waals surface area contributed by atoms with E-state index in [1.54, 1.807) is 0 Å². The summed E-state index contributed by atoms with van der Waals surface area (Å²) >= 11 is 7.08. The highest BCUT2D eigenvalue weighted by Crippen LogP contribution is 2.27. The Bertz CT molecular complexity index is 417. The summed E-state index contributed by atoms with van der Waals surface area (Å²) in [6, 6.07) is 0. The van der Waals surface area contributed by atoms with E-state index in [1.807, 2.05) is 0 Å². The van der Waals surface area contributed by atoms with Gasteiger partial charge in [0.1, 0.15) is 4.61 Å². The van der Waals surface area contributed by atoms with Crippen molar-refractivity contribution in [3.05, 3.63) is 15.9 Å². The summed E-state index contributed by atoms with van der Waals surface area (Å²) in [5, 5.41) is 0.578. The van der Waals surface area contributed by atoms with Crippen molar-refractivity contribution in [2.75, 3.05) is 0 Å². The summed E-state index contributed by atoms with van der Waals surface area (Å²) in [7, 11) is 0. The molecule has 1 aliphatic rings. The van der Waals surface area contributed by atoms with Crippen molar-refractivity contribution in [1.29, 1.82) is 0 Å². The fourth-order valence-electron chi connectivity index (χ4n) is 0.981. The molecular weight excluding hydrogens is 330 g/mol. The zero-order valence-corrected chi connectivity index (χ0v) is 9.96. The lowest BCUT2D eigenvalue weighted by molar-refractivity contribution is 0.0193. The topological polar surface area (TPSA) is 16.1 Å². The van der Waals surface area contributed by atoms with Crippen LogP contribution in [-0.4, -0.2) is 15.8 Å². The summed E-state index contributed by atoms with van der Waals surface area (Å²) in [5.41, 5.74) is 0. The average Bonchev–Trinajstić information content (AvgIpc) is 2.59. The van der Waals surface area contributed by atoms with Gasteiger partial charge in [-0.1, -0.05) is 4.48 Å². The van der Waals surface area contributed by atoms with Gasteiger partial charge in [0.15, 0.2) is 0 Å². The van der Waals surface area contributed by atoms with Crippen LogP contribution in [0.3, 0.4) is 0 Å². The molecule has 0 aromatic carbocycles. The fraction of sp³-hybridized carbons (Fsp3) is 0.167. The summed E-state index contributed by atoms with van der Waals surface area (Å²) in [5.74, 6) is 0. The van der Waals surface area contributed by atoms with E-state index in [-0.39, 0.29) is 14.2 Å². The van der Waals surface area contributed by atoms with Crippen molar-refractivity contribution in [2.45, 2.75) is 6.30 Å². The predicted molar refractivity (Wildman–Crippen MR) is 53.9 cm³/mol. The number of hydrogen-bond acceptors (Lipinski definition) is 3. The number of alkyl halides is 1. The van der Waals surface area contributed by atoms with Gasteiger partial charge in [-0.2, -0.15) is 9.50 Å². The van der Waals surface area contributed by atoms with Crippen LogP contribution in [0.4, 0.5) is 8.87 Å². The number of halogens is 4. The SMILES string of the molecule is FC1C(Br)=c2sncc2=C(Br)N1F. The third-order valence-corrected chi connectivity index (χ3v) is 4.24. The second-order valence-corrected chi connectivity index (χ2v) is 4.76. The summed E-state index contributed by atoms with van der Waals surface area (Å²) in [4.78, 5) is 0. The molecule has 1 aromatic heterocycles. The maximum absolute atomic E-state index is 13.2. The Kier molecular flexibility index (Phi) is 2.41. The normalized spacial score (nSPS) is 22.2. The van der Waals surface area contributed by atoms with Crippen LogP contribution in [-0.2, 0) is 0 Å². The maximum atomic E-state index is 13.2. The second kappa shape index (κ2) is 3.29. The Labute approximate surface area is 92.9 Å². The van der Waals surface area contributed by atoms with Crippen LogP contribution in [0, 0.1) is 0 Å². The molecule has 1 unspecified atom stereocenters. The Morgan fingerprint density at radius 2 is 2.23 bits per heavy atom. The van der Waals surface area contributed by atoms with E-state index in [2.05, 4.69) is 36.2 Å². The van der Waals surface area contributed by atoms with Crippen LogP contribution in [0.15, 0.2) is 6.20 Å². The number of nitrogens with zero attached hydrogens (tertiary/aromatic N) is 2. The maximum Gasteiger partial charge on any atom is 0.234 e. The van der Waals surface area contributed by atoms with Crippen molar-refractivity contribution in [3.8, 4) is 0 Å². The molecule has 2 heterocycles. The molecule has 0 radical (unpaired) electrons. The van der Waals surface area contributed by atoms with E-state index >= 15 is 0 Å². The third-order valence-electron chi connectivity index (χ3n) is 1.61. The first-order valence-electron chi connectivity index (χ1n) is 3.22. The highest BCUT2D eigenvalue weighted by molar-refractivity contribution is 9.15. The van der Waals surface area contributed by atoms with Crippen molar-refractivity contribution in [1.82, 2.24) is 9.50 Å². The van der Waals surface area contributed by atoms with Crippen molar-refractivity contribution in [3.63, 3.8) is 0 Å². The molecule has 7 heteroatoms. The smallest absolute Gasteiger partial charge is 0.215 e. The van der Waals surface area contributed by atoms with Gasteiger partial charge in [-0.15, -0.1) is 0 Å². The molecule has 0 N–H and O–H groups in total. The Morgan fingerprint density at radius 3 is 2.92 bits per heavy atom. The highest BCUT2D eigenvalue weighted by Gasteiger charge is 2.28. The largest absolute Gasteiger partial charge is 0.234 e. The standard InChI is InChI=1S/C6H2Br2F2N2S/c7-3-4-2(1-11-13-4)5(8)12(10)6(3)9/h1,6H. The van der Waals surface area contributed by atoms with E-state index in [0.29, 0.717) is 9.75 Å². The molecule has 1 aromatic rings. The first-order chi connectivity index (χ1) is 6.13. The van der Waals surface area contributed by atoms with Crippen LogP contribution in [0.5, 0.6) is 0 Å². The zero-order chi connectivity index (χ0) is 9.59. The van der Waals surface area contributed by atoms with Gasteiger partial charge in [0.25, 0.3) is 0 Å². The minimum Gasteiger partial charge on any atom is -0.215 e. The molecule has 0 saturated carbocycles. The van der Waals surface area contributed by atoms with E-state index in [0.717, 1.165) is 11.5 Å². The number of rotatable bonds is 0. The molecule has 13 heavy (non-hydrogen) atoms. The fourth-order valence-corrected chi connectivity index (χ4v) is 2.90. The first-order valence-corrected chi connectivity index (χ1v) is 5.58. The number of hydrogen-bond donors (Lipinski definition) is 0. The van der Waals surface area contributed by atoms with Crippen molar-refractivity contribution in [2.24, 2.45) is 0 Å². The average molecular weight is 332 g/mol. The van der Waals surface area contributed by atoms with Gasteiger partial charge in [0.05, 0.1) is 15.2 Å². The quantitative estimate of drug-likeness (QED) is 0.530. The monoisotopic (exact) mass is 330 g/mol. The zero-order valence-electron chi connectivity index (χ0n) is 5.97. The molecule has 0 fully saturated rings. The lowest BCUT2D eigenvalue weighted by Gasteiger charge is -2.19. The lowest BCUT2D eigenvalue weighted by atomic mass is 10.3. The van der Waals surface area contributed by atoms with Crippen molar-refractivity contribution >= 4 is 52.5 Å². The molecular formula is C6H2Br2F2N2S. The predicted octanol–water partition coefficient (Wildman–Crippen LogP) is 1.60. The van der Waals surface area contributed by atoms with E-state index < -0.39 is 6.30 Å². The number of fused-ring (bicyclic) bond motifs is 1. The molecule has 1 atom stereocenters. The molecule has 0 amide bonds. The third kappa shape index (κ3) is 1.33. The first kappa shape index (κ1) is 9.54. The van der Waals surface area contributed by atoms with Gasteiger partial charge in [-0.3, -0.25) is 0 Å². The minimum absolute atomic E-state index is 0.0147. The summed E-state index contributed by atoms with van der Waals surface area (Å²) < 4.78 is 31.0. The van der Waals surface area contributed by atoms with Crippen molar-refractivity contribution < 1.29 is 8.87 Å². The minimum atomic E-state index is -1.79. The van der Waals surface area contributed by atoms with Gasteiger partial charge in [-0.25, -0.2) is 4.39 Å². The molecule has 70 valence electrons. The van der Waals surface area contributed by atoms with Crippen LogP contribution >= 0.6 is 43.4 Å². The molecule has 2 nitrogen and oxygen atoms in total. The van der Waals surface area contributed by atoms with Crippen LogP contribution in [0.25, 0.3) is 9.09 Å². The van der Waals surface area contributed by atoms with Gasteiger partial charge < -0.3 is 0 Å². The summed E-state index contributed by atoms with van der Waals surface area (Å²) in [6.45, 7) is 0. The molecule has 1 aliphatic heterocycles. The molecule has 0 saturated heterocycles. The molecule has 0 aliphatic carbocycles. The van der Waals surface area contributed by atoms with E-state index in [9.17, 15) is 8.87 Å². The highest BCUT2D eigenvalue weighted by atomic mass is 79.9. The van der Waals surface area contributed by atoms with Gasteiger partial charge in [0.2, 0.25) is 6.30 Å². The van der Waals surface area contributed by atoms with E-state index in [4.69, 9.17) is 0 Å².